The number of carbonyl (C=O) groups excluding carboxylic acids is 1. The summed E-state index contributed by atoms with van der Waals surface area (Å²) in [4.78, 5) is 20.8. The smallest absolute Gasteiger partial charge is 0.242 e. The molecule has 1 amide bonds. The summed E-state index contributed by atoms with van der Waals surface area (Å²) in [5, 5.41) is 2.35. The molecule has 0 radical (unpaired) electrons. The maximum Gasteiger partial charge on any atom is 0.242 e. The summed E-state index contributed by atoms with van der Waals surface area (Å²) >= 11 is 6.18. The van der Waals surface area contributed by atoms with E-state index in [1.807, 2.05) is 26.8 Å². The molecule has 102 valence electrons. The Bertz CT molecular complexity index is 620. The lowest BCUT2D eigenvalue weighted by Gasteiger charge is -2.16. The van der Waals surface area contributed by atoms with E-state index in [4.69, 9.17) is 11.6 Å². The molecule has 5 nitrogen and oxygen atoms in total. The fraction of sp³-hybridized carbons (Fsp3) is 0.462. The third-order valence-electron chi connectivity index (χ3n) is 3.18. The van der Waals surface area contributed by atoms with Gasteiger partial charge in [-0.25, -0.2) is 9.97 Å². The molecule has 6 heteroatoms. The summed E-state index contributed by atoms with van der Waals surface area (Å²) in [6.07, 6.45) is 1.72. The summed E-state index contributed by atoms with van der Waals surface area (Å²) in [6.45, 7) is 5.62. The van der Waals surface area contributed by atoms with Gasteiger partial charge in [-0.2, -0.15) is 0 Å². The van der Waals surface area contributed by atoms with Crippen LogP contribution in [0.5, 0.6) is 0 Å². The lowest BCUT2D eigenvalue weighted by atomic mass is 10.2. The van der Waals surface area contributed by atoms with E-state index in [1.54, 1.807) is 17.8 Å². The number of likely N-dealkylation sites (N-methyl/N-ethyl adjacent to an activating group) is 1. The van der Waals surface area contributed by atoms with Crippen LogP contribution < -0.4 is 5.32 Å². The van der Waals surface area contributed by atoms with E-state index < -0.39 is 6.04 Å². The number of aromatic nitrogens is 3. The largest absolute Gasteiger partial charge is 0.357 e. The van der Waals surface area contributed by atoms with Crippen LogP contribution in [0.25, 0.3) is 11.2 Å². The van der Waals surface area contributed by atoms with Crippen molar-refractivity contribution in [1.29, 1.82) is 0 Å². The van der Waals surface area contributed by atoms with Crippen LogP contribution in [0, 0.1) is 6.92 Å². The monoisotopic (exact) mass is 280 g/mol. The van der Waals surface area contributed by atoms with Crippen LogP contribution in [-0.4, -0.2) is 27.5 Å². The second kappa shape index (κ2) is 5.17. The van der Waals surface area contributed by atoms with Crippen LogP contribution in [0.3, 0.4) is 0 Å². The highest BCUT2D eigenvalue weighted by Crippen LogP contribution is 2.28. The Labute approximate surface area is 117 Å². The molecular formula is C13H17ClN4O. The Morgan fingerprint density at radius 2 is 2.16 bits per heavy atom. The van der Waals surface area contributed by atoms with E-state index in [-0.39, 0.29) is 11.3 Å². The van der Waals surface area contributed by atoms with Crippen molar-refractivity contribution in [2.75, 3.05) is 7.05 Å². The number of hydrogen-bond donors (Lipinski definition) is 1. The first-order valence-corrected chi connectivity index (χ1v) is 6.60. The zero-order valence-electron chi connectivity index (χ0n) is 11.4. The minimum absolute atomic E-state index is 0.0961. The average molecular weight is 281 g/mol. The standard InChI is InChI=1S/C13H17ClN4O/c1-7-5-6-16-12-10(7)17-11(8(2)14)18(12)9(3)13(19)15-4/h5-6,8-9H,1-4H3,(H,15,19). The number of halogens is 1. The molecule has 19 heavy (non-hydrogen) atoms. The highest BCUT2D eigenvalue weighted by molar-refractivity contribution is 6.20. The minimum atomic E-state index is -0.402. The number of rotatable bonds is 3. The molecule has 0 saturated carbocycles. The second-order valence-electron chi connectivity index (χ2n) is 4.55. The molecular weight excluding hydrogens is 264 g/mol. The molecule has 0 aromatic carbocycles. The average Bonchev–Trinajstić information content (AvgIpc) is 2.78. The number of amides is 1. The molecule has 1 N–H and O–H groups in total. The van der Waals surface area contributed by atoms with Gasteiger partial charge in [-0.15, -0.1) is 11.6 Å². The molecule has 0 aliphatic rings. The Morgan fingerprint density at radius 1 is 1.47 bits per heavy atom. The molecule has 2 heterocycles. The number of imidazole rings is 1. The number of hydrogen-bond acceptors (Lipinski definition) is 3. The van der Waals surface area contributed by atoms with Crippen molar-refractivity contribution in [1.82, 2.24) is 19.9 Å². The van der Waals surface area contributed by atoms with Gasteiger partial charge in [0.25, 0.3) is 0 Å². The first kappa shape index (κ1) is 13.8. The third kappa shape index (κ3) is 2.30. The van der Waals surface area contributed by atoms with Crippen molar-refractivity contribution in [3.05, 3.63) is 23.7 Å². The predicted molar refractivity (Wildman–Crippen MR) is 75.3 cm³/mol. The molecule has 2 aromatic heterocycles. The molecule has 0 bridgehead atoms. The summed E-state index contributed by atoms with van der Waals surface area (Å²) in [7, 11) is 1.61. The summed E-state index contributed by atoms with van der Waals surface area (Å²) in [5.74, 6) is 0.565. The topological polar surface area (TPSA) is 59.8 Å². The molecule has 2 aromatic rings. The van der Waals surface area contributed by atoms with Gasteiger partial charge in [0.15, 0.2) is 5.65 Å². The summed E-state index contributed by atoms with van der Waals surface area (Å²) in [6, 6.07) is 1.49. The van der Waals surface area contributed by atoms with E-state index in [9.17, 15) is 4.79 Å². The van der Waals surface area contributed by atoms with Gasteiger partial charge in [-0.3, -0.25) is 9.36 Å². The molecule has 0 fully saturated rings. The molecule has 0 aliphatic carbocycles. The first-order chi connectivity index (χ1) is 8.97. The lowest BCUT2D eigenvalue weighted by Crippen LogP contribution is -2.29. The van der Waals surface area contributed by atoms with E-state index in [0.717, 1.165) is 11.1 Å². The number of nitrogens with one attached hydrogen (secondary N) is 1. The zero-order chi connectivity index (χ0) is 14.2. The summed E-state index contributed by atoms with van der Waals surface area (Å²) in [5.41, 5.74) is 2.51. The van der Waals surface area contributed by atoms with Gasteiger partial charge in [0.2, 0.25) is 5.91 Å². The lowest BCUT2D eigenvalue weighted by molar-refractivity contribution is -0.123. The number of carbonyl (C=O) groups is 1. The van der Waals surface area contributed by atoms with Crippen molar-refractivity contribution in [3.63, 3.8) is 0 Å². The minimum Gasteiger partial charge on any atom is -0.357 e. The Kier molecular flexibility index (Phi) is 3.75. The van der Waals surface area contributed by atoms with Gasteiger partial charge in [-0.05, 0) is 32.4 Å². The van der Waals surface area contributed by atoms with Crippen molar-refractivity contribution in [2.24, 2.45) is 0 Å². The van der Waals surface area contributed by atoms with Gasteiger partial charge < -0.3 is 5.32 Å². The van der Waals surface area contributed by atoms with Crippen molar-refractivity contribution >= 4 is 28.7 Å². The van der Waals surface area contributed by atoms with E-state index in [2.05, 4.69) is 15.3 Å². The van der Waals surface area contributed by atoms with Crippen LogP contribution >= 0.6 is 11.6 Å². The number of pyridine rings is 1. The Balaban J connectivity index is 2.72. The van der Waals surface area contributed by atoms with Gasteiger partial charge in [0.1, 0.15) is 17.4 Å². The molecule has 0 spiro atoms. The number of aryl methyl sites for hydroxylation is 1. The normalized spacial score (nSPS) is 14.4. The quantitative estimate of drug-likeness (QED) is 0.878. The maximum atomic E-state index is 11.9. The van der Waals surface area contributed by atoms with Crippen molar-refractivity contribution in [3.8, 4) is 0 Å². The fourth-order valence-electron chi connectivity index (χ4n) is 2.12. The SMILES string of the molecule is CNC(=O)C(C)n1c(C(C)Cl)nc2c(C)ccnc21. The second-order valence-corrected chi connectivity index (χ2v) is 5.20. The number of alkyl halides is 1. The van der Waals surface area contributed by atoms with Gasteiger partial charge in [0.05, 0.1) is 5.38 Å². The van der Waals surface area contributed by atoms with Crippen molar-refractivity contribution < 1.29 is 4.79 Å². The highest BCUT2D eigenvalue weighted by Gasteiger charge is 2.24. The molecule has 2 rings (SSSR count). The van der Waals surface area contributed by atoms with Crippen LogP contribution in [-0.2, 0) is 4.79 Å². The fourth-order valence-corrected chi connectivity index (χ4v) is 2.27. The molecule has 2 atom stereocenters. The maximum absolute atomic E-state index is 11.9. The van der Waals surface area contributed by atoms with Gasteiger partial charge in [0, 0.05) is 13.2 Å². The molecule has 2 unspecified atom stereocenters. The number of nitrogens with zero attached hydrogens (tertiary/aromatic N) is 3. The van der Waals surface area contributed by atoms with Gasteiger partial charge >= 0.3 is 0 Å². The van der Waals surface area contributed by atoms with Gasteiger partial charge in [-0.1, -0.05) is 0 Å². The van der Waals surface area contributed by atoms with Crippen LogP contribution in [0.15, 0.2) is 12.3 Å². The van der Waals surface area contributed by atoms with E-state index in [0.29, 0.717) is 11.5 Å². The number of fused-ring (bicyclic) bond motifs is 1. The predicted octanol–water partition coefficient (Wildman–Crippen LogP) is 2.35. The Morgan fingerprint density at radius 3 is 2.74 bits per heavy atom. The van der Waals surface area contributed by atoms with Crippen LogP contribution in [0.4, 0.5) is 0 Å². The third-order valence-corrected chi connectivity index (χ3v) is 3.37. The van der Waals surface area contributed by atoms with E-state index in [1.165, 1.54) is 0 Å². The van der Waals surface area contributed by atoms with Crippen LogP contribution in [0.1, 0.15) is 36.7 Å². The molecule has 0 saturated heterocycles. The first-order valence-electron chi connectivity index (χ1n) is 6.16. The highest BCUT2D eigenvalue weighted by atomic mass is 35.5. The van der Waals surface area contributed by atoms with Crippen molar-refractivity contribution in [2.45, 2.75) is 32.2 Å². The Hall–Kier alpha value is -1.62. The molecule has 0 aliphatic heterocycles. The van der Waals surface area contributed by atoms with Crippen LogP contribution in [0.2, 0.25) is 0 Å². The zero-order valence-corrected chi connectivity index (χ0v) is 12.2. The summed E-state index contributed by atoms with van der Waals surface area (Å²) < 4.78 is 1.80. The van der Waals surface area contributed by atoms with E-state index >= 15 is 0 Å².